The Morgan fingerprint density at radius 3 is 2.62 bits per heavy atom. The van der Waals surface area contributed by atoms with E-state index in [1.807, 2.05) is 30.3 Å². The Morgan fingerprint density at radius 2 is 1.85 bits per heavy atom. The lowest BCUT2D eigenvalue weighted by molar-refractivity contribution is -0.384. The third-order valence-corrected chi connectivity index (χ3v) is 5.84. The maximum Gasteiger partial charge on any atom is 0.293 e. The van der Waals surface area contributed by atoms with Gasteiger partial charge in [0.15, 0.2) is 10.9 Å². The quantitative estimate of drug-likeness (QED) is 0.167. The number of nitrogens with one attached hydrogen (secondary N) is 2. The summed E-state index contributed by atoms with van der Waals surface area (Å²) in [6.45, 7) is 1.75. The number of hydrogen-bond donors (Lipinski definition) is 2. The minimum absolute atomic E-state index is 0.0121. The van der Waals surface area contributed by atoms with E-state index >= 15 is 0 Å². The highest BCUT2D eigenvalue weighted by Gasteiger charge is 2.20. The van der Waals surface area contributed by atoms with Crippen molar-refractivity contribution in [3.8, 4) is 11.3 Å². The number of carbonyl (C=O) groups excluding carboxylic acids is 1. The summed E-state index contributed by atoms with van der Waals surface area (Å²) in [5.41, 5.74) is 4.18. The van der Waals surface area contributed by atoms with Crippen molar-refractivity contribution in [2.75, 3.05) is 5.43 Å². The van der Waals surface area contributed by atoms with E-state index < -0.39 is 10.8 Å². The summed E-state index contributed by atoms with van der Waals surface area (Å²) in [5.74, 6) is 0.790. The van der Waals surface area contributed by atoms with Gasteiger partial charge in [0.1, 0.15) is 11.6 Å². The first-order chi connectivity index (χ1) is 16.4. The van der Waals surface area contributed by atoms with E-state index in [0.717, 1.165) is 5.56 Å². The van der Waals surface area contributed by atoms with Crippen LogP contribution in [0.1, 0.15) is 21.9 Å². The van der Waals surface area contributed by atoms with Gasteiger partial charge in [0, 0.05) is 11.8 Å². The Labute approximate surface area is 203 Å². The van der Waals surface area contributed by atoms with E-state index in [-0.39, 0.29) is 27.9 Å². The molecular formula is C22H18N6O4S2. The molecule has 4 aromatic rings. The monoisotopic (exact) mass is 494 g/mol. The lowest BCUT2D eigenvalue weighted by Gasteiger charge is -2.12. The van der Waals surface area contributed by atoms with Gasteiger partial charge in [-0.25, -0.2) is 4.68 Å². The first kappa shape index (κ1) is 23.1. The van der Waals surface area contributed by atoms with Crippen molar-refractivity contribution in [2.24, 2.45) is 0 Å². The highest BCUT2D eigenvalue weighted by atomic mass is 32.2. The van der Waals surface area contributed by atoms with Crippen LogP contribution in [-0.4, -0.2) is 30.8 Å². The molecule has 0 radical (unpaired) electrons. The minimum Gasteiger partial charge on any atom is -0.451 e. The molecule has 2 heterocycles. The lowest BCUT2D eigenvalue weighted by Crippen LogP contribution is -2.38. The Kier molecular flexibility index (Phi) is 6.99. The molecule has 12 heteroatoms. The number of benzene rings is 2. The Balaban J connectivity index is 1.41. The molecule has 4 rings (SSSR count). The summed E-state index contributed by atoms with van der Waals surface area (Å²) in [4.78, 5) is 23.4. The number of carbonyl (C=O) groups is 1. The third-order valence-electron chi connectivity index (χ3n) is 4.64. The zero-order chi connectivity index (χ0) is 24.1. The van der Waals surface area contributed by atoms with Crippen LogP contribution in [0.25, 0.3) is 11.3 Å². The molecule has 0 saturated heterocycles. The average molecular weight is 495 g/mol. The van der Waals surface area contributed by atoms with Crippen molar-refractivity contribution >= 4 is 40.7 Å². The molecule has 0 aliphatic heterocycles. The number of hydrogen-bond acceptors (Lipinski definition) is 8. The van der Waals surface area contributed by atoms with Crippen LogP contribution in [0.3, 0.4) is 0 Å². The summed E-state index contributed by atoms with van der Waals surface area (Å²) < 4.78 is 7.13. The van der Waals surface area contributed by atoms with Crippen LogP contribution in [0, 0.1) is 17.0 Å². The molecule has 2 aromatic heterocycles. The molecule has 0 aliphatic rings. The van der Waals surface area contributed by atoms with Crippen molar-refractivity contribution in [1.82, 2.24) is 20.2 Å². The number of nitro groups is 1. The zero-order valence-electron chi connectivity index (χ0n) is 17.8. The van der Waals surface area contributed by atoms with Crippen molar-refractivity contribution in [3.05, 3.63) is 94.0 Å². The summed E-state index contributed by atoms with van der Waals surface area (Å²) in [6.07, 6.45) is 0. The van der Waals surface area contributed by atoms with E-state index in [1.54, 1.807) is 29.8 Å². The number of aromatic nitrogens is 3. The van der Waals surface area contributed by atoms with Gasteiger partial charge < -0.3 is 4.42 Å². The van der Waals surface area contributed by atoms with Gasteiger partial charge >= 0.3 is 0 Å². The second kappa shape index (κ2) is 10.3. The minimum atomic E-state index is -0.605. The highest BCUT2D eigenvalue weighted by molar-refractivity contribution is 7.98. The average Bonchev–Trinajstić information content (AvgIpc) is 3.46. The van der Waals surface area contributed by atoms with Gasteiger partial charge in [-0.3, -0.25) is 25.7 Å². The number of amides is 1. The number of para-hydroxylation sites is 1. The van der Waals surface area contributed by atoms with Crippen molar-refractivity contribution in [1.29, 1.82) is 0 Å². The molecule has 34 heavy (non-hydrogen) atoms. The van der Waals surface area contributed by atoms with Crippen LogP contribution >= 0.6 is 24.0 Å². The first-order valence-electron chi connectivity index (χ1n) is 9.97. The number of rotatable bonds is 7. The summed E-state index contributed by atoms with van der Waals surface area (Å²) in [5, 5.41) is 22.6. The van der Waals surface area contributed by atoms with Gasteiger partial charge in [0.25, 0.3) is 11.6 Å². The third kappa shape index (κ3) is 5.30. The summed E-state index contributed by atoms with van der Waals surface area (Å²) in [7, 11) is 0. The molecular weight excluding hydrogens is 476 g/mol. The van der Waals surface area contributed by atoms with Crippen LogP contribution in [0.15, 0.2) is 76.3 Å². The SMILES string of the molecule is Cc1nnc(SCc2ccccc2)n1NC(=S)NC(=O)c1ccc(-c2ccccc2[N+](=O)[O-])o1. The molecule has 0 bridgehead atoms. The molecule has 0 spiro atoms. The second-order valence-electron chi connectivity index (χ2n) is 6.97. The predicted molar refractivity (Wildman–Crippen MR) is 131 cm³/mol. The number of aryl methyl sites for hydroxylation is 1. The highest BCUT2D eigenvalue weighted by Crippen LogP contribution is 2.30. The fraction of sp³-hybridized carbons (Fsp3) is 0.0909. The van der Waals surface area contributed by atoms with E-state index in [2.05, 4.69) is 20.9 Å². The molecule has 0 fully saturated rings. The molecule has 2 aromatic carbocycles. The molecule has 0 saturated carbocycles. The largest absolute Gasteiger partial charge is 0.451 e. The van der Waals surface area contributed by atoms with E-state index in [1.165, 1.54) is 30.0 Å². The van der Waals surface area contributed by atoms with Gasteiger partial charge in [-0.1, -0.05) is 54.2 Å². The van der Waals surface area contributed by atoms with Crippen molar-refractivity contribution in [3.63, 3.8) is 0 Å². The van der Waals surface area contributed by atoms with Crippen LogP contribution < -0.4 is 10.7 Å². The number of nitrogens with zero attached hydrogens (tertiary/aromatic N) is 4. The molecule has 10 nitrogen and oxygen atoms in total. The van der Waals surface area contributed by atoms with Gasteiger partial charge in [0.2, 0.25) is 5.16 Å². The van der Waals surface area contributed by atoms with Crippen molar-refractivity contribution < 1.29 is 14.1 Å². The maximum absolute atomic E-state index is 12.6. The fourth-order valence-electron chi connectivity index (χ4n) is 3.03. The summed E-state index contributed by atoms with van der Waals surface area (Å²) >= 11 is 6.73. The topological polar surface area (TPSA) is 128 Å². The van der Waals surface area contributed by atoms with Crippen LogP contribution in [0.5, 0.6) is 0 Å². The second-order valence-corrected chi connectivity index (χ2v) is 8.32. The van der Waals surface area contributed by atoms with Gasteiger partial charge in [-0.05, 0) is 42.9 Å². The smallest absolute Gasteiger partial charge is 0.293 e. The van der Waals surface area contributed by atoms with E-state index in [9.17, 15) is 14.9 Å². The van der Waals surface area contributed by atoms with Gasteiger partial charge in [-0.2, -0.15) is 0 Å². The number of furan rings is 1. The predicted octanol–water partition coefficient (Wildman–Crippen LogP) is 4.31. The molecule has 172 valence electrons. The van der Waals surface area contributed by atoms with Gasteiger partial charge in [-0.15, -0.1) is 10.2 Å². The zero-order valence-corrected chi connectivity index (χ0v) is 19.4. The number of thiocarbonyl (C=S) groups is 1. The Bertz CT molecular complexity index is 1350. The maximum atomic E-state index is 12.6. The van der Waals surface area contributed by atoms with Crippen molar-refractivity contribution in [2.45, 2.75) is 17.8 Å². The lowest BCUT2D eigenvalue weighted by atomic mass is 10.1. The number of nitro benzene ring substituents is 1. The molecule has 2 N–H and O–H groups in total. The Morgan fingerprint density at radius 1 is 1.12 bits per heavy atom. The molecule has 0 unspecified atom stereocenters. The van der Waals surface area contributed by atoms with Gasteiger partial charge in [0.05, 0.1) is 10.5 Å². The van der Waals surface area contributed by atoms with E-state index in [4.69, 9.17) is 16.6 Å². The van der Waals surface area contributed by atoms with Crippen LogP contribution in [0.2, 0.25) is 0 Å². The molecule has 0 atom stereocenters. The summed E-state index contributed by atoms with van der Waals surface area (Å²) in [6, 6.07) is 19.0. The van der Waals surface area contributed by atoms with Crippen LogP contribution in [0.4, 0.5) is 5.69 Å². The van der Waals surface area contributed by atoms with Crippen LogP contribution in [-0.2, 0) is 5.75 Å². The molecule has 0 aliphatic carbocycles. The van der Waals surface area contributed by atoms with E-state index in [0.29, 0.717) is 16.7 Å². The first-order valence-corrected chi connectivity index (χ1v) is 11.4. The Hall–Kier alpha value is -4.03. The molecule has 1 amide bonds. The number of thioether (sulfide) groups is 1. The fourth-order valence-corrected chi connectivity index (χ4v) is 4.10. The standard InChI is InChI=1S/C22H18N6O4S2/c1-14-24-25-22(34-13-15-7-3-2-4-8-15)27(14)26-21(33)23-20(29)19-12-11-18(32-19)16-9-5-6-10-17(16)28(30)31/h2-12H,13H2,1H3,(H2,23,26,29,33). The normalized spacial score (nSPS) is 10.6.